The fourth-order valence-electron chi connectivity index (χ4n) is 2.24. The summed E-state index contributed by atoms with van der Waals surface area (Å²) in [6, 6.07) is 14.2. The van der Waals surface area contributed by atoms with Crippen LogP contribution in [0.5, 0.6) is 0 Å². The molecule has 0 unspecified atom stereocenters. The van der Waals surface area contributed by atoms with E-state index >= 15 is 0 Å². The number of aryl methyl sites for hydroxylation is 1. The summed E-state index contributed by atoms with van der Waals surface area (Å²) in [6.07, 6.45) is 0. The molecule has 0 fully saturated rings. The quantitative estimate of drug-likeness (QED) is 0.681. The predicted molar refractivity (Wildman–Crippen MR) is 81.0 cm³/mol. The van der Waals surface area contributed by atoms with Crippen LogP contribution in [0.1, 0.15) is 11.4 Å². The van der Waals surface area contributed by atoms with Crippen LogP contribution in [0.4, 0.5) is 4.39 Å². The standard InChI is InChI=1S/C16H13ClFN3/c1-11-3-2-4-12(9-11)16-20-19-15(10-17)21(16)14-7-5-13(18)6-8-14/h2-9H,10H2,1H3. The van der Waals surface area contributed by atoms with Crippen molar-refractivity contribution in [2.24, 2.45) is 0 Å². The second-order valence-electron chi connectivity index (χ2n) is 4.75. The van der Waals surface area contributed by atoms with E-state index in [4.69, 9.17) is 11.6 Å². The van der Waals surface area contributed by atoms with E-state index in [1.54, 1.807) is 12.1 Å². The van der Waals surface area contributed by atoms with Crippen LogP contribution < -0.4 is 0 Å². The smallest absolute Gasteiger partial charge is 0.168 e. The summed E-state index contributed by atoms with van der Waals surface area (Å²) in [4.78, 5) is 0. The lowest BCUT2D eigenvalue weighted by molar-refractivity contribution is 0.627. The average molecular weight is 302 g/mol. The first-order chi connectivity index (χ1) is 10.2. The fraction of sp³-hybridized carbons (Fsp3) is 0.125. The van der Waals surface area contributed by atoms with Crippen molar-refractivity contribution in [1.29, 1.82) is 0 Å². The molecule has 0 saturated carbocycles. The van der Waals surface area contributed by atoms with Gasteiger partial charge < -0.3 is 0 Å². The summed E-state index contributed by atoms with van der Waals surface area (Å²) in [5, 5.41) is 8.36. The Bertz CT molecular complexity index is 765. The third-order valence-electron chi connectivity index (χ3n) is 3.21. The maximum Gasteiger partial charge on any atom is 0.168 e. The normalized spacial score (nSPS) is 10.8. The minimum absolute atomic E-state index is 0.232. The Morgan fingerprint density at radius 1 is 1.10 bits per heavy atom. The number of hydrogen-bond donors (Lipinski definition) is 0. The Morgan fingerprint density at radius 3 is 2.52 bits per heavy atom. The Hall–Kier alpha value is -2.20. The van der Waals surface area contributed by atoms with Gasteiger partial charge in [0.1, 0.15) is 5.82 Å². The summed E-state index contributed by atoms with van der Waals surface area (Å²) < 4.78 is 15.0. The molecule has 3 rings (SSSR count). The van der Waals surface area contributed by atoms with E-state index in [1.165, 1.54) is 12.1 Å². The van der Waals surface area contributed by atoms with Crippen molar-refractivity contribution in [2.75, 3.05) is 0 Å². The van der Waals surface area contributed by atoms with Gasteiger partial charge in [0.05, 0.1) is 5.88 Å². The Kier molecular flexibility index (Phi) is 3.71. The van der Waals surface area contributed by atoms with Gasteiger partial charge in [-0.1, -0.05) is 23.8 Å². The second-order valence-corrected chi connectivity index (χ2v) is 5.02. The Morgan fingerprint density at radius 2 is 1.86 bits per heavy atom. The molecule has 0 spiro atoms. The van der Waals surface area contributed by atoms with Crippen LogP contribution in [0.25, 0.3) is 17.1 Å². The number of alkyl halides is 1. The van der Waals surface area contributed by atoms with Crippen molar-refractivity contribution in [1.82, 2.24) is 14.8 Å². The summed E-state index contributed by atoms with van der Waals surface area (Å²) in [7, 11) is 0. The minimum atomic E-state index is -0.281. The van der Waals surface area contributed by atoms with Gasteiger partial charge in [0.25, 0.3) is 0 Å². The van der Waals surface area contributed by atoms with Crippen LogP contribution in [0.3, 0.4) is 0 Å². The van der Waals surface area contributed by atoms with Crippen molar-refractivity contribution in [3.8, 4) is 17.1 Å². The van der Waals surface area contributed by atoms with E-state index < -0.39 is 0 Å². The topological polar surface area (TPSA) is 30.7 Å². The summed E-state index contributed by atoms with van der Waals surface area (Å²) in [5.41, 5.74) is 2.87. The molecule has 0 radical (unpaired) electrons. The van der Waals surface area contributed by atoms with Crippen LogP contribution in [0, 0.1) is 12.7 Å². The van der Waals surface area contributed by atoms with Gasteiger partial charge in [0.2, 0.25) is 0 Å². The van der Waals surface area contributed by atoms with Crippen molar-refractivity contribution < 1.29 is 4.39 Å². The lowest BCUT2D eigenvalue weighted by Gasteiger charge is -2.09. The van der Waals surface area contributed by atoms with E-state index in [9.17, 15) is 4.39 Å². The first kappa shape index (κ1) is 13.8. The molecule has 1 aromatic heterocycles. The van der Waals surface area contributed by atoms with Crippen LogP contribution in [0.2, 0.25) is 0 Å². The van der Waals surface area contributed by atoms with E-state index in [2.05, 4.69) is 10.2 Å². The second kappa shape index (κ2) is 5.66. The third kappa shape index (κ3) is 2.67. The first-order valence-corrected chi connectivity index (χ1v) is 7.06. The molecule has 106 valence electrons. The first-order valence-electron chi connectivity index (χ1n) is 6.52. The highest BCUT2D eigenvalue weighted by Gasteiger charge is 2.15. The predicted octanol–water partition coefficient (Wildman–Crippen LogP) is 4.12. The maximum atomic E-state index is 13.1. The summed E-state index contributed by atoms with van der Waals surface area (Å²) in [5.74, 6) is 1.27. The molecule has 0 bridgehead atoms. The number of hydrogen-bond acceptors (Lipinski definition) is 2. The van der Waals surface area contributed by atoms with Crippen molar-refractivity contribution >= 4 is 11.6 Å². The fourth-order valence-corrected chi connectivity index (χ4v) is 2.41. The molecule has 5 heteroatoms. The van der Waals surface area contributed by atoms with Gasteiger partial charge >= 0.3 is 0 Å². The number of rotatable bonds is 3. The highest BCUT2D eigenvalue weighted by atomic mass is 35.5. The van der Waals surface area contributed by atoms with Gasteiger partial charge in [0.15, 0.2) is 11.6 Å². The zero-order chi connectivity index (χ0) is 14.8. The summed E-state index contributed by atoms with van der Waals surface area (Å²) >= 11 is 5.95. The number of halogens is 2. The van der Waals surface area contributed by atoms with Crippen molar-refractivity contribution in [3.05, 3.63) is 65.7 Å². The van der Waals surface area contributed by atoms with E-state index in [-0.39, 0.29) is 11.7 Å². The van der Waals surface area contributed by atoms with Crippen molar-refractivity contribution in [3.63, 3.8) is 0 Å². The van der Waals surface area contributed by atoms with E-state index in [0.717, 1.165) is 16.8 Å². The lowest BCUT2D eigenvalue weighted by atomic mass is 10.1. The molecule has 3 aromatic rings. The molecule has 0 saturated heterocycles. The van der Waals surface area contributed by atoms with Gasteiger partial charge in [-0.2, -0.15) is 0 Å². The van der Waals surface area contributed by atoms with E-state index in [1.807, 2.05) is 35.8 Å². The van der Waals surface area contributed by atoms with Gasteiger partial charge in [-0.3, -0.25) is 4.57 Å². The summed E-state index contributed by atoms with van der Waals surface area (Å²) in [6.45, 7) is 2.02. The zero-order valence-electron chi connectivity index (χ0n) is 11.4. The monoisotopic (exact) mass is 301 g/mol. The molecule has 3 nitrogen and oxygen atoms in total. The van der Waals surface area contributed by atoms with Gasteiger partial charge in [0, 0.05) is 11.3 Å². The van der Waals surface area contributed by atoms with Gasteiger partial charge in [-0.05, 0) is 37.3 Å². The number of nitrogens with zero attached hydrogens (tertiary/aromatic N) is 3. The van der Waals surface area contributed by atoms with Gasteiger partial charge in [-0.15, -0.1) is 21.8 Å². The molecule has 0 aliphatic heterocycles. The maximum absolute atomic E-state index is 13.1. The number of aromatic nitrogens is 3. The third-order valence-corrected chi connectivity index (χ3v) is 3.45. The molecule has 0 N–H and O–H groups in total. The Labute approximate surface area is 127 Å². The lowest BCUT2D eigenvalue weighted by Crippen LogP contribution is -2.02. The molecule has 0 amide bonds. The van der Waals surface area contributed by atoms with Crippen LogP contribution in [-0.2, 0) is 5.88 Å². The largest absolute Gasteiger partial charge is 0.278 e. The molecule has 2 aromatic carbocycles. The van der Waals surface area contributed by atoms with E-state index in [0.29, 0.717) is 11.6 Å². The number of benzene rings is 2. The minimum Gasteiger partial charge on any atom is -0.278 e. The van der Waals surface area contributed by atoms with Gasteiger partial charge in [-0.25, -0.2) is 4.39 Å². The average Bonchev–Trinajstić information content (AvgIpc) is 2.92. The molecular formula is C16H13ClFN3. The molecule has 21 heavy (non-hydrogen) atoms. The zero-order valence-corrected chi connectivity index (χ0v) is 12.2. The molecular weight excluding hydrogens is 289 g/mol. The molecule has 0 aliphatic carbocycles. The molecule has 0 aliphatic rings. The van der Waals surface area contributed by atoms with Crippen LogP contribution in [-0.4, -0.2) is 14.8 Å². The molecule has 0 atom stereocenters. The highest BCUT2D eigenvalue weighted by molar-refractivity contribution is 6.16. The van der Waals surface area contributed by atoms with Crippen LogP contribution in [0.15, 0.2) is 48.5 Å². The van der Waals surface area contributed by atoms with Crippen LogP contribution >= 0.6 is 11.6 Å². The Balaban J connectivity index is 2.19. The highest BCUT2D eigenvalue weighted by Crippen LogP contribution is 2.24. The van der Waals surface area contributed by atoms with Crippen molar-refractivity contribution in [2.45, 2.75) is 12.8 Å². The SMILES string of the molecule is Cc1cccc(-c2nnc(CCl)n2-c2ccc(F)cc2)c1. The molecule has 1 heterocycles.